The fourth-order valence-corrected chi connectivity index (χ4v) is 1.24. The first-order chi connectivity index (χ1) is 10.2. The van der Waals surface area contributed by atoms with Crippen molar-refractivity contribution < 1.29 is 41.0 Å². The van der Waals surface area contributed by atoms with Gasteiger partial charge in [0.2, 0.25) is 0 Å². The van der Waals surface area contributed by atoms with Crippen LogP contribution < -0.4 is 10.1 Å². The van der Waals surface area contributed by atoms with Crippen LogP contribution in [-0.2, 0) is 9.53 Å². The molecule has 1 aromatic rings. The number of esters is 1. The van der Waals surface area contributed by atoms with E-state index in [4.69, 9.17) is 0 Å². The number of nitrogens with one attached hydrogen (secondary N) is 1. The number of halogens is 5. The molecule has 0 saturated carbocycles. The number of ether oxygens (including phenoxy) is 2. The van der Waals surface area contributed by atoms with E-state index < -0.39 is 37.8 Å². The maximum atomic E-state index is 11.9. The Kier molecular flexibility index (Phi) is 6.08. The Labute approximate surface area is 121 Å². The summed E-state index contributed by atoms with van der Waals surface area (Å²) in [6.45, 7) is -5.46. The van der Waals surface area contributed by atoms with Crippen molar-refractivity contribution in [2.45, 2.75) is 12.8 Å². The van der Waals surface area contributed by atoms with Gasteiger partial charge in [0.05, 0.1) is 5.56 Å². The van der Waals surface area contributed by atoms with Crippen LogP contribution in [-0.4, -0.2) is 37.8 Å². The van der Waals surface area contributed by atoms with Crippen molar-refractivity contribution in [2.75, 3.05) is 13.2 Å². The Hall–Kier alpha value is -2.39. The number of hydrogen-bond donors (Lipinski definition) is 1. The molecule has 1 rings (SSSR count). The molecule has 0 spiro atoms. The molecule has 10 heteroatoms. The van der Waals surface area contributed by atoms with E-state index in [9.17, 15) is 31.5 Å². The Morgan fingerprint density at radius 1 is 1.14 bits per heavy atom. The number of alkyl halides is 5. The highest BCUT2D eigenvalue weighted by Crippen LogP contribution is 2.15. The predicted molar refractivity (Wildman–Crippen MR) is 62.4 cm³/mol. The van der Waals surface area contributed by atoms with Gasteiger partial charge in [0.1, 0.15) is 12.3 Å². The number of carbonyl (C=O) groups excluding carboxylic acids is 2. The molecular formula is C12H10F5NO4. The van der Waals surface area contributed by atoms with E-state index in [0.29, 0.717) is 0 Å². The first kappa shape index (κ1) is 17.7. The molecule has 0 fully saturated rings. The van der Waals surface area contributed by atoms with Crippen molar-refractivity contribution in [1.29, 1.82) is 0 Å². The van der Waals surface area contributed by atoms with Gasteiger partial charge in [-0.15, -0.1) is 0 Å². The van der Waals surface area contributed by atoms with Gasteiger partial charge in [0, 0.05) is 0 Å². The lowest BCUT2D eigenvalue weighted by Crippen LogP contribution is -2.36. The lowest BCUT2D eigenvalue weighted by atomic mass is 10.2. The summed E-state index contributed by atoms with van der Waals surface area (Å²) in [5.74, 6) is -2.30. The second-order valence-electron chi connectivity index (χ2n) is 3.87. The lowest BCUT2D eigenvalue weighted by Gasteiger charge is -2.09. The van der Waals surface area contributed by atoms with Gasteiger partial charge in [0.15, 0.2) is 6.61 Å². The van der Waals surface area contributed by atoms with E-state index in [1.54, 1.807) is 0 Å². The zero-order chi connectivity index (χ0) is 16.8. The molecule has 1 N–H and O–H groups in total. The van der Waals surface area contributed by atoms with Crippen LogP contribution in [0.15, 0.2) is 24.3 Å². The molecule has 0 aliphatic rings. The van der Waals surface area contributed by atoms with Crippen molar-refractivity contribution >= 4 is 11.9 Å². The van der Waals surface area contributed by atoms with Gasteiger partial charge in [-0.05, 0) is 24.3 Å². The van der Waals surface area contributed by atoms with Gasteiger partial charge >= 0.3 is 18.8 Å². The number of benzene rings is 1. The maximum Gasteiger partial charge on any atom is 0.405 e. The first-order valence-corrected chi connectivity index (χ1v) is 5.73. The van der Waals surface area contributed by atoms with Gasteiger partial charge in [-0.1, -0.05) is 0 Å². The molecule has 0 aliphatic heterocycles. The van der Waals surface area contributed by atoms with Crippen LogP contribution in [0.2, 0.25) is 0 Å². The van der Waals surface area contributed by atoms with Crippen molar-refractivity contribution in [1.82, 2.24) is 5.32 Å². The molecule has 0 aliphatic carbocycles. The van der Waals surface area contributed by atoms with Crippen LogP contribution in [0, 0.1) is 0 Å². The smallest absolute Gasteiger partial charge is 0.405 e. The number of hydrogen-bond acceptors (Lipinski definition) is 4. The normalized spacial score (nSPS) is 11.2. The fraction of sp³-hybridized carbons (Fsp3) is 0.333. The van der Waals surface area contributed by atoms with Crippen LogP contribution in [0.25, 0.3) is 0 Å². The summed E-state index contributed by atoms with van der Waals surface area (Å²) in [6, 6.07) is 4.36. The van der Waals surface area contributed by atoms with E-state index >= 15 is 0 Å². The van der Waals surface area contributed by atoms with E-state index in [0.717, 1.165) is 24.3 Å². The van der Waals surface area contributed by atoms with Crippen molar-refractivity contribution in [3.63, 3.8) is 0 Å². The Morgan fingerprint density at radius 3 is 2.23 bits per heavy atom. The number of carbonyl (C=O) groups is 2. The van der Waals surface area contributed by atoms with Gasteiger partial charge in [-0.3, -0.25) is 4.79 Å². The Bertz CT molecular complexity index is 515. The molecular weight excluding hydrogens is 317 g/mol. The molecule has 122 valence electrons. The van der Waals surface area contributed by atoms with Gasteiger partial charge in [-0.25, -0.2) is 4.79 Å². The van der Waals surface area contributed by atoms with E-state index in [1.165, 1.54) is 5.32 Å². The SMILES string of the molecule is O=C(COC(=O)c1ccc(OC(F)F)cc1)NCC(F)(F)F. The molecule has 0 bridgehead atoms. The van der Waals surface area contributed by atoms with Crippen LogP contribution in [0.1, 0.15) is 10.4 Å². The average molecular weight is 327 g/mol. The fourth-order valence-electron chi connectivity index (χ4n) is 1.24. The van der Waals surface area contributed by atoms with Crippen LogP contribution in [0.5, 0.6) is 5.75 Å². The minimum absolute atomic E-state index is 0.0785. The van der Waals surface area contributed by atoms with Crippen molar-refractivity contribution in [3.8, 4) is 5.75 Å². The highest BCUT2D eigenvalue weighted by molar-refractivity contribution is 5.91. The molecule has 5 nitrogen and oxygen atoms in total. The van der Waals surface area contributed by atoms with E-state index in [2.05, 4.69) is 9.47 Å². The Balaban J connectivity index is 2.43. The zero-order valence-corrected chi connectivity index (χ0v) is 10.8. The summed E-state index contributed by atoms with van der Waals surface area (Å²) < 4.78 is 67.8. The molecule has 1 aromatic carbocycles. The molecule has 0 saturated heterocycles. The van der Waals surface area contributed by atoms with E-state index in [-0.39, 0.29) is 11.3 Å². The van der Waals surface area contributed by atoms with Gasteiger partial charge in [-0.2, -0.15) is 22.0 Å². The molecule has 0 radical (unpaired) electrons. The molecule has 0 unspecified atom stereocenters. The molecule has 0 atom stereocenters. The molecule has 1 amide bonds. The van der Waals surface area contributed by atoms with Crippen molar-refractivity contribution in [3.05, 3.63) is 29.8 Å². The van der Waals surface area contributed by atoms with Crippen LogP contribution in [0.4, 0.5) is 22.0 Å². The largest absolute Gasteiger partial charge is 0.452 e. The maximum absolute atomic E-state index is 11.9. The summed E-state index contributed by atoms with van der Waals surface area (Å²) in [5, 5.41) is 1.52. The topological polar surface area (TPSA) is 64.6 Å². The zero-order valence-electron chi connectivity index (χ0n) is 10.8. The van der Waals surface area contributed by atoms with Gasteiger partial charge in [0.25, 0.3) is 5.91 Å². The lowest BCUT2D eigenvalue weighted by molar-refractivity contribution is -0.140. The highest BCUT2D eigenvalue weighted by Gasteiger charge is 2.27. The summed E-state index contributed by atoms with van der Waals surface area (Å²) >= 11 is 0. The standard InChI is InChI=1S/C12H10F5NO4/c13-11(14)22-8-3-1-7(2-4-8)10(20)21-5-9(19)18-6-12(15,16)17/h1-4,11H,5-6H2,(H,18,19). The summed E-state index contributed by atoms with van der Waals surface area (Å²) in [7, 11) is 0. The third-order valence-corrected chi connectivity index (χ3v) is 2.14. The highest BCUT2D eigenvalue weighted by atomic mass is 19.4. The number of amides is 1. The summed E-state index contributed by atoms with van der Waals surface area (Å²) in [4.78, 5) is 22.5. The molecule has 22 heavy (non-hydrogen) atoms. The first-order valence-electron chi connectivity index (χ1n) is 5.73. The second-order valence-corrected chi connectivity index (χ2v) is 3.87. The average Bonchev–Trinajstić information content (AvgIpc) is 2.42. The van der Waals surface area contributed by atoms with Crippen LogP contribution in [0.3, 0.4) is 0 Å². The second kappa shape index (κ2) is 7.57. The van der Waals surface area contributed by atoms with E-state index in [1.807, 2.05) is 0 Å². The minimum Gasteiger partial charge on any atom is -0.452 e. The van der Waals surface area contributed by atoms with Gasteiger partial charge < -0.3 is 14.8 Å². The predicted octanol–water partition coefficient (Wildman–Crippen LogP) is 2.12. The third kappa shape index (κ3) is 6.86. The minimum atomic E-state index is -4.57. The summed E-state index contributed by atoms with van der Waals surface area (Å²) in [5.41, 5.74) is -0.0785. The van der Waals surface area contributed by atoms with Crippen molar-refractivity contribution in [2.24, 2.45) is 0 Å². The summed E-state index contributed by atoms with van der Waals surface area (Å²) in [6.07, 6.45) is -4.57. The monoisotopic (exact) mass is 327 g/mol. The third-order valence-electron chi connectivity index (χ3n) is 2.14. The quantitative estimate of drug-likeness (QED) is 0.642. The molecule has 0 aromatic heterocycles. The Morgan fingerprint density at radius 2 is 1.73 bits per heavy atom. The number of rotatable bonds is 6. The van der Waals surface area contributed by atoms with Crippen LogP contribution >= 0.6 is 0 Å². The molecule has 0 heterocycles.